The highest BCUT2D eigenvalue weighted by molar-refractivity contribution is 4.77. The molecule has 0 amide bonds. The van der Waals surface area contributed by atoms with Gasteiger partial charge in [0.05, 0.1) is 0 Å². The van der Waals surface area contributed by atoms with Gasteiger partial charge in [0.25, 0.3) is 0 Å². The zero-order valence-electron chi connectivity index (χ0n) is 4.96. The van der Waals surface area contributed by atoms with Gasteiger partial charge in [0.15, 0.2) is 0 Å². The monoisotopic (exact) mass is 220 g/mol. The third kappa shape index (κ3) is 63.2. The fraction of sp³-hybridized carbons (Fsp3) is 0. The second-order valence-electron chi connectivity index (χ2n) is 0.521. The lowest BCUT2D eigenvalue weighted by Gasteiger charge is -1.69. The van der Waals surface area contributed by atoms with Crippen LogP contribution in [0, 0.1) is 0 Å². The minimum atomic E-state index is -2.91. The van der Waals surface area contributed by atoms with Crippen LogP contribution in [0.1, 0.15) is 0 Å². The Kier molecular flexibility index (Phi) is 184. The molecule has 0 aromatic carbocycles. The predicted molar refractivity (Wildman–Crippen MR) is 26.5 cm³/mol. The van der Waals surface area contributed by atoms with Crippen LogP contribution in [-0.4, -0.2) is 0 Å². The van der Waals surface area contributed by atoms with E-state index in [0.717, 1.165) is 0 Å². The summed E-state index contributed by atoms with van der Waals surface area (Å²) < 4.78 is 41.1. The van der Waals surface area contributed by atoms with E-state index in [9.17, 15) is 17.6 Å². The van der Waals surface area contributed by atoms with Crippen molar-refractivity contribution in [3.63, 3.8) is 0 Å². The van der Waals surface area contributed by atoms with Crippen LogP contribution >= 0.6 is 0 Å². The highest BCUT2D eigenvalue weighted by Gasteiger charge is 1.98. The minimum Gasteiger partial charge on any atom is -0.269 e. The second kappa shape index (κ2) is 32.3. The van der Waals surface area contributed by atoms with E-state index in [1.807, 2.05) is 0 Å². The van der Waals surface area contributed by atoms with E-state index >= 15 is 0 Å². The van der Waals surface area contributed by atoms with E-state index in [2.05, 4.69) is 0 Å². The summed E-state index contributed by atoms with van der Waals surface area (Å²) in [5.74, 6) is 0. The Balaban J connectivity index is -0.00000000833. The molecule has 12 heavy (non-hydrogen) atoms. The standard InChI is InChI=1S/C2F4.6FH/c3-1(4)2(5)6;;;;;;/h;6*1H. The quantitative estimate of drug-likeness (QED) is 0.550. The highest BCUT2D eigenvalue weighted by atomic mass is 19.3. The Morgan fingerprint density at radius 1 is 0.417 bits per heavy atom. The van der Waals surface area contributed by atoms with Gasteiger partial charge in [0, 0.05) is 0 Å². The van der Waals surface area contributed by atoms with Crippen LogP contribution in [0.3, 0.4) is 0 Å². The summed E-state index contributed by atoms with van der Waals surface area (Å²) in [5, 5.41) is 0. The molecule has 0 aliphatic heterocycles. The molecule has 0 saturated heterocycles. The first-order valence-corrected chi connectivity index (χ1v) is 1.01. The van der Waals surface area contributed by atoms with Gasteiger partial charge in [0.1, 0.15) is 0 Å². The van der Waals surface area contributed by atoms with E-state index in [1.54, 1.807) is 0 Å². The number of halogens is 10. The molecule has 0 radical (unpaired) electrons. The summed E-state index contributed by atoms with van der Waals surface area (Å²) in [4.78, 5) is 0. The van der Waals surface area contributed by atoms with Crippen molar-refractivity contribution in [1.82, 2.24) is 0 Å². The smallest absolute Gasteiger partial charge is 0.269 e. The molecule has 0 spiro atoms. The summed E-state index contributed by atoms with van der Waals surface area (Å²) in [7, 11) is 0. The zero-order chi connectivity index (χ0) is 5.15. The maximum atomic E-state index is 10.3. The van der Waals surface area contributed by atoms with E-state index in [-0.39, 0.29) is 28.2 Å². The van der Waals surface area contributed by atoms with Crippen molar-refractivity contribution in [3.05, 3.63) is 12.2 Å². The Morgan fingerprint density at radius 3 is 0.500 bits per heavy atom. The lowest BCUT2D eigenvalue weighted by Crippen LogP contribution is -1.56. The van der Waals surface area contributed by atoms with E-state index in [0.29, 0.717) is 0 Å². The minimum absolute atomic E-state index is 0. The van der Waals surface area contributed by atoms with Gasteiger partial charge < -0.3 is 0 Å². The Bertz CT molecular complexity index is 57.9. The lowest BCUT2D eigenvalue weighted by atomic mass is 11.1. The molecule has 0 heterocycles. The van der Waals surface area contributed by atoms with Crippen LogP contribution < -0.4 is 0 Å². The SMILES string of the molecule is F.F.F.F.F.F.FC(F)=C(F)F. The Morgan fingerprint density at radius 2 is 0.500 bits per heavy atom. The second-order valence-corrected chi connectivity index (χ2v) is 0.521. The van der Waals surface area contributed by atoms with Crippen molar-refractivity contribution in [3.8, 4) is 0 Å². The third-order valence-corrected chi connectivity index (χ3v) is 0.143. The van der Waals surface area contributed by atoms with Gasteiger partial charge in [-0.3, -0.25) is 28.2 Å². The van der Waals surface area contributed by atoms with Gasteiger partial charge in [-0.1, -0.05) is 0 Å². The topological polar surface area (TPSA) is 0 Å². The summed E-state index contributed by atoms with van der Waals surface area (Å²) in [6.45, 7) is 0. The van der Waals surface area contributed by atoms with Crippen molar-refractivity contribution in [2.75, 3.05) is 0 Å². The molecule has 10 heteroatoms. The van der Waals surface area contributed by atoms with Gasteiger partial charge in [-0.25, -0.2) is 0 Å². The van der Waals surface area contributed by atoms with E-state index in [4.69, 9.17) is 0 Å². The maximum absolute atomic E-state index is 10.3. The molecule has 0 unspecified atom stereocenters. The molecule has 0 saturated carbocycles. The molecule has 0 rings (SSSR count). The Labute approximate surface area is 59.4 Å². The molecule has 0 aromatic heterocycles. The fourth-order valence-electron chi connectivity index (χ4n) is 0. The third-order valence-electron chi connectivity index (χ3n) is 0.143. The van der Waals surface area contributed by atoms with Crippen molar-refractivity contribution in [2.45, 2.75) is 0 Å². The molecule has 0 bridgehead atoms. The van der Waals surface area contributed by atoms with Gasteiger partial charge in [-0.15, -0.1) is 0 Å². The largest absolute Gasteiger partial charge is 0.334 e. The highest BCUT2D eigenvalue weighted by Crippen LogP contribution is 2.08. The van der Waals surface area contributed by atoms with Crippen LogP contribution in [0.25, 0.3) is 0 Å². The molecule has 0 fully saturated rings. The molecule has 0 nitrogen and oxygen atoms in total. The first kappa shape index (κ1) is 68.2. The number of rotatable bonds is 0. The van der Waals surface area contributed by atoms with Crippen LogP contribution in [0.2, 0.25) is 0 Å². The molecule has 0 aliphatic rings. The predicted octanol–water partition coefficient (Wildman–Crippen LogP) is 2.91. The fourth-order valence-corrected chi connectivity index (χ4v) is 0. The first-order chi connectivity index (χ1) is 2.64. The summed E-state index contributed by atoms with van der Waals surface area (Å²) in [6.07, 6.45) is -5.81. The van der Waals surface area contributed by atoms with Gasteiger partial charge in [-0.05, 0) is 0 Å². The molecule has 0 aliphatic carbocycles. The maximum Gasteiger partial charge on any atom is 0.334 e. The van der Waals surface area contributed by atoms with Crippen LogP contribution in [-0.2, 0) is 0 Å². The first-order valence-electron chi connectivity index (χ1n) is 1.01. The molecule has 0 atom stereocenters. The molecule has 0 N–H and O–H groups in total. The molecule has 0 aromatic rings. The van der Waals surface area contributed by atoms with E-state index < -0.39 is 12.2 Å². The van der Waals surface area contributed by atoms with Crippen LogP contribution in [0.4, 0.5) is 45.8 Å². The van der Waals surface area contributed by atoms with Crippen molar-refractivity contribution >= 4 is 0 Å². The molecule has 84 valence electrons. The average Bonchev–Trinajstić information content (AvgIpc) is 1.36. The zero-order valence-corrected chi connectivity index (χ0v) is 4.96. The lowest BCUT2D eigenvalue weighted by molar-refractivity contribution is 0.308. The molecular weight excluding hydrogens is 214 g/mol. The van der Waals surface area contributed by atoms with Gasteiger partial charge in [0.2, 0.25) is 0 Å². The number of hydrogen-bond donors (Lipinski definition) is 0. The van der Waals surface area contributed by atoms with Gasteiger partial charge in [-0.2, -0.15) is 17.6 Å². The van der Waals surface area contributed by atoms with Crippen molar-refractivity contribution in [1.29, 1.82) is 0 Å². The number of hydrogen-bond acceptors (Lipinski definition) is 0. The summed E-state index contributed by atoms with van der Waals surface area (Å²) in [5.41, 5.74) is 0. The van der Waals surface area contributed by atoms with Crippen LogP contribution in [0.15, 0.2) is 12.2 Å². The summed E-state index contributed by atoms with van der Waals surface area (Å²) >= 11 is 0. The van der Waals surface area contributed by atoms with Gasteiger partial charge >= 0.3 is 12.2 Å². The summed E-state index contributed by atoms with van der Waals surface area (Å²) in [6, 6.07) is 0. The average molecular weight is 220 g/mol. The van der Waals surface area contributed by atoms with Crippen molar-refractivity contribution < 1.29 is 45.8 Å². The van der Waals surface area contributed by atoms with Crippen molar-refractivity contribution in [2.24, 2.45) is 0 Å². The normalized spacial score (nSPS) is 4.00. The Hall–Kier alpha value is -0.960. The molecular formula is C2H6F10. The van der Waals surface area contributed by atoms with E-state index in [1.165, 1.54) is 0 Å². The van der Waals surface area contributed by atoms with Crippen LogP contribution in [0.5, 0.6) is 0 Å².